The summed E-state index contributed by atoms with van der Waals surface area (Å²) < 4.78 is 37.5. The topological polar surface area (TPSA) is 41.5 Å². The van der Waals surface area contributed by atoms with Crippen molar-refractivity contribution >= 4 is 11.6 Å². The van der Waals surface area contributed by atoms with E-state index >= 15 is 0 Å². The van der Waals surface area contributed by atoms with Gasteiger partial charge in [-0.3, -0.25) is 9.79 Å². The van der Waals surface area contributed by atoms with Gasteiger partial charge in [0, 0.05) is 5.56 Å². The molecule has 2 aliphatic rings. The smallest absolute Gasteiger partial charge is 0.326 e. The molecule has 20 heavy (non-hydrogen) atoms. The van der Waals surface area contributed by atoms with Crippen molar-refractivity contribution in [2.45, 2.75) is 37.5 Å². The van der Waals surface area contributed by atoms with E-state index in [1.165, 1.54) is 12.1 Å². The number of alkyl halides is 3. The van der Waals surface area contributed by atoms with Gasteiger partial charge in [0.25, 0.3) is 5.91 Å². The second-order valence-electron chi connectivity index (χ2n) is 5.23. The highest BCUT2D eigenvalue weighted by atomic mass is 19.4. The zero-order valence-corrected chi connectivity index (χ0v) is 10.6. The molecule has 1 spiro atoms. The van der Waals surface area contributed by atoms with Crippen LogP contribution in [0.4, 0.5) is 13.2 Å². The molecule has 1 aliphatic carbocycles. The summed E-state index contributed by atoms with van der Waals surface area (Å²) in [4.78, 5) is 16.4. The van der Waals surface area contributed by atoms with Crippen LogP contribution < -0.4 is 5.32 Å². The number of halogens is 3. The van der Waals surface area contributed by atoms with Crippen molar-refractivity contribution in [1.29, 1.82) is 0 Å². The Labute approximate surface area is 113 Å². The quantitative estimate of drug-likeness (QED) is 0.845. The van der Waals surface area contributed by atoms with E-state index in [4.69, 9.17) is 0 Å². The third kappa shape index (κ3) is 2.19. The van der Waals surface area contributed by atoms with E-state index in [2.05, 4.69) is 10.3 Å². The lowest BCUT2D eigenvalue weighted by Gasteiger charge is -2.18. The lowest BCUT2D eigenvalue weighted by atomic mass is 10.1. The van der Waals surface area contributed by atoms with E-state index in [0.29, 0.717) is 5.56 Å². The van der Waals surface area contributed by atoms with Crippen LogP contribution in [0, 0.1) is 0 Å². The number of carbonyl (C=O) groups is 1. The molecule has 1 heterocycles. The SMILES string of the molecule is O=C1NC2(CCCC2)N=C1c1ccc(C(F)(F)F)cc1. The van der Waals surface area contributed by atoms with Crippen molar-refractivity contribution in [2.75, 3.05) is 0 Å². The van der Waals surface area contributed by atoms with Crippen LogP contribution in [0.1, 0.15) is 36.8 Å². The van der Waals surface area contributed by atoms with Gasteiger partial charge in [0.05, 0.1) is 5.56 Å². The molecule has 0 radical (unpaired) electrons. The molecule has 1 N–H and O–H groups in total. The average Bonchev–Trinajstić information content (AvgIpc) is 2.96. The molecule has 0 saturated heterocycles. The largest absolute Gasteiger partial charge is 0.416 e. The van der Waals surface area contributed by atoms with E-state index < -0.39 is 17.4 Å². The highest BCUT2D eigenvalue weighted by Gasteiger charge is 2.41. The first-order chi connectivity index (χ1) is 9.40. The van der Waals surface area contributed by atoms with E-state index in [1.54, 1.807) is 0 Å². The summed E-state index contributed by atoms with van der Waals surface area (Å²) >= 11 is 0. The van der Waals surface area contributed by atoms with Crippen molar-refractivity contribution in [3.8, 4) is 0 Å². The second-order valence-corrected chi connectivity index (χ2v) is 5.23. The van der Waals surface area contributed by atoms with Gasteiger partial charge in [-0.25, -0.2) is 0 Å². The average molecular weight is 282 g/mol. The fraction of sp³-hybridized carbons (Fsp3) is 0.429. The maximum absolute atomic E-state index is 12.5. The number of hydrogen-bond acceptors (Lipinski definition) is 2. The van der Waals surface area contributed by atoms with Gasteiger partial charge < -0.3 is 5.32 Å². The van der Waals surface area contributed by atoms with E-state index in [1.807, 2.05) is 0 Å². The van der Waals surface area contributed by atoms with Crippen LogP contribution in [0.2, 0.25) is 0 Å². The van der Waals surface area contributed by atoms with Gasteiger partial charge in [0.15, 0.2) is 0 Å². The molecule has 1 saturated carbocycles. The summed E-state index contributed by atoms with van der Waals surface area (Å²) in [6, 6.07) is 4.56. The summed E-state index contributed by atoms with van der Waals surface area (Å²) in [5.41, 5.74) is -0.578. The number of hydrogen-bond donors (Lipinski definition) is 1. The summed E-state index contributed by atoms with van der Waals surface area (Å²) in [6.07, 6.45) is -0.773. The molecule has 0 atom stereocenters. The first-order valence-corrected chi connectivity index (χ1v) is 6.50. The number of carbonyl (C=O) groups excluding carboxylic acids is 1. The maximum Gasteiger partial charge on any atom is 0.416 e. The fourth-order valence-corrected chi connectivity index (χ4v) is 2.77. The number of nitrogens with one attached hydrogen (secondary N) is 1. The Hall–Kier alpha value is -1.85. The Balaban J connectivity index is 1.91. The molecular weight excluding hydrogens is 269 g/mol. The normalized spacial score (nSPS) is 21.1. The highest BCUT2D eigenvalue weighted by molar-refractivity contribution is 6.46. The summed E-state index contributed by atoms with van der Waals surface area (Å²) in [7, 11) is 0. The van der Waals surface area contributed by atoms with Crippen LogP contribution in [0.5, 0.6) is 0 Å². The lowest BCUT2D eigenvalue weighted by Crippen LogP contribution is -2.39. The molecule has 1 aromatic carbocycles. The third-order valence-corrected chi connectivity index (χ3v) is 3.80. The van der Waals surface area contributed by atoms with Gasteiger partial charge >= 0.3 is 6.18 Å². The predicted octanol–water partition coefficient (Wildman–Crippen LogP) is 2.89. The van der Waals surface area contributed by atoms with Gasteiger partial charge in [-0.15, -0.1) is 0 Å². The molecule has 3 rings (SSSR count). The molecule has 3 nitrogen and oxygen atoms in total. The zero-order valence-electron chi connectivity index (χ0n) is 10.6. The molecule has 1 amide bonds. The minimum absolute atomic E-state index is 0.237. The van der Waals surface area contributed by atoms with Crippen LogP contribution in [0.25, 0.3) is 0 Å². The summed E-state index contributed by atoms with van der Waals surface area (Å²) in [5, 5.41) is 2.86. The van der Waals surface area contributed by atoms with Crippen molar-refractivity contribution in [3.05, 3.63) is 35.4 Å². The minimum atomic E-state index is -4.37. The molecule has 0 unspecified atom stereocenters. The van der Waals surface area contributed by atoms with Crippen molar-refractivity contribution in [2.24, 2.45) is 4.99 Å². The van der Waals surface area contributed by atoms with Gasteiger partial charge in [-0.2, -0.15) is 13.2 Å². The van der Waals surface area contributed by atoms with E-state index in [9.17, 15) is 18.0 Å². The Bertz CT molecular complexity index is 569. The van der Waals surface area contributed by atoms with Gasteiger partial charge in [0.1, 0.15) is 11.4 Å². The Morgan fingerprint density at radius 1 is 1.10 bits per heavy atom. The Kier molecular flexibility index (Phi) is 2.84. The van der Waals surface area contributed by atoms with Gasteiger partial charge in [-0.05, 0) is 37.8 Å². The van der Waals surface area contributed by atoms with Crippen molar-refractivity contribution in [3.63, 3.8) is 0 Å². The van der Waals surface area contributed by atoms with E-state index in [-0.39, 0.29) is 11.6 Å². The number of aliphatic imine (C=N–C) groups is 1. The number of amides is 1. The standard InChI is InChI=1S/C14H13F3N2O/c15-14(16,17)10-5-3-9(4-6-10)11-12(20)19-13(18-11)7-1-2-8-13/h3-6H,1-2,7-8H2,(H,19,20). The molecule has 1 aromatic rings. The number of nitrogens with zero attached hydrogens (tertiary/aromatic N) is 1. The van der Waals surface area contributed by atoms with Crippen LogP contribution in [-0.2, 0) is 11.0 Å². The minimum Gasteiger partial charge on any atom is -0.326 e. The van der Waals surface area contributed by atoms with E-state index in [0.717, 1.165) is 37.8 Å². The van der Waals surface area contributed by atoms with Gasteiger partial charge in [0.2, 0.25) is 0 Å². The first kappa shape index (κ1) is 13.1. The van der Waals surface area contributed by atoms with Crippen molar-refractivity contribution < 1.29 is 18.0 Å². The molecule has 6 heteroatoms. The molecule has 1 fully saturated rings. The lowest BCUT2D eigenvalue weighted by molar-refractivity contribution is -0.137. The molecule has 1 aliphatic heterocycles. The van der Waals surface area contributed by atoms with Gasteiger partial charge in [-0.1, -0.05) is 12.1 Å². The van der Waals surface area contributed by atoms with Crippen LogP contribution >= 0.6 is 0 Å². The Morgan fingerprint density at radius 2 is 1.70 bits per heavy atom. The Morgan fingerprint density at radius 3 is 2.25 bits per heavy atom. The third-order valence-electron chi connectivity index (χ3n) is 3.80. The molecule has 106 valence electrons. The van der Waals surface area contributed by atoms with Crippen LogP contribution in [-0.4, -0.2) is 17.3 Å². The summed E-state index contributed by atoms with van der Waals surface area (Å²) in [6.45, 7) is 0. The first-order valence-electron chi connectivity index (χ1n) is 6.50. The zero-order chi connectivity index (χ0) is 14.4. The molecular formula is C14H13F3N2O. The second kappa shape index (κ2) is 4.33. The van der Waals surface area contributed by atoms with Crippen molar-refractivity contribution in [1.82, 2.24) is 5.32 Å². The fourth-order valence-electron chi connectivity index (χ4n) is 2.77. The number of benzene rings is 1. The highest BCUT2D eigenvalue weighted by Crippen LogP contribution is 2.35. The monoisotopic (exact) mass is 282 g/mol. The number of rotatable bonds is 1. The molecule has 0 aromatic heterocycles. The maximum atomic E-state index is 12.5. The molecule has 0 bridgehead atoms. The summed E-state index contributed by atoms with van der Waals surface area (Å²) in [5.74, 6) is -0.299. The van der Waals surface area contributed by atoms with Crippen LogP contribution in [0.15, 0.2) is 29.3 Å². The predicted molar refractivity (Wildman–Crippen MR) is 67.3 cm³/mol. The van der Waals surface area contributed by atoms with Crippen LogP contribution in [0.3, 0.4) is 0 Å².